The first-order valence-electron chi connectivity index (χ1n) is 12.3. The molecule has 7 rings (SSSR count). The highest BCUT2D eigenvalue weighted by molar-refractivity contribution is 7.17. The molecular formula is C33H23N3S. The van der Waals surface area contributed by atoms with E-state index in [1.807, 2.05) is 19.2 Å². The van der Waals surface area contributed by atoms with Gasteiger partial charge >= 0.3 is 0 Å². The Morgan fingerprint density at radius 1 is 0.676 bits per heavy atom. The van der Waals surface area contributed by atoms with Crippen LogP contribution in [0.4, 0.5) is 0 Å². The van der Waals surface area contributed by atoms with Crippen LogP contribution in [0.3, 0.4) is 0 Å². The Balaban J connectivity index is 1.41. The van der Waals surface area contributed by atoms with Gasteiger partial charge in [0.1, 0.15) is 5.82 Å². The molecule has 4 heteroatoms. The summed E-state index contributed by atoms with van der Waals surface area (Å²) in [5.74, 6) is 0.961. The van der Waals surface area contributed by atoms with Crippen molar-refractivity contribution in [1.29, 1.82) is 0 Å². The standard InChI is InChI=1S/C33H23N3S/c1-22-19-26(17-18-34-22)25-13-16-32-28(20-25)29(21-37-32)33-35-30-9-5-6-10-31(30)36(33)27-14-11-24(12-15-27)23-7-3-2-4-8-23/h2-21H,1H3. The first kappa shape index (κ1) is 21.7. The number of pyridine rings is 1. The third-order valence-electron chi connectivity index (χ3n) is 6.84. The zero-order chi connectivity index (χ0) is 24.8. The van der Waals surface area contributed by atoms with E-state index in [0.29, 0.717) is 0 Å². The van der Waals surface area contributed by atoms with E-state index >= 15 is 0 Å². The second-order valence-corrected chi connectivity index (χ2v) is 10.1. The Kier molecular flexibility index (Phi) is 5.19. The molecule has 0 aliphatic rings. The van der Waals surface area contributed by atoms with Crippen molar-refractivity contribution in [2.45, 2.75) is 6.92 Å². The molecule has 0 aliphatic carbocycles. The Hall–Kier alpha value is -4.54. The molecule has 0 unspecified atom stereocenters. The Morgan fingerprint density at radius 2 is 1.41 bits per heavy atom. The van der Waals surface area contributed by atoms with Crippen molar-refractivity contribution >= 4 is 32.5 Å². The summed E-state index contributed by atoms with van der Waals surface area (Å²) >= 11 is 1.76. The van der Waals surface area contributed by atoms with Gasteiger partial charge in [-0.1, -0.05) is 60.7 Å². The molecule has 0 saturated carbocycles. The minimum Gasteiger partial charge on any atom is -0.292 e. The summed E-state index contributed by atoms with van der Waals surface area (Å²) < 4.78 is 3.54. The summed E-state index contributed by atoms with van der Waals surface area (Å²) in [7, 11) is 0. The number of fused-ring (bicyclic) bond motifs is 2. The molecule has 37 heavy (non-hydrogen) atoms. The molecule has 0 radical (unpaired) electrons. The monoisotopic (exact) mass is 493 g/mol. The molecule has 3 aromatic heterocycles. The summed E-state index contributed by atoms with van der Waals surface area (Å²) in [6.07, 6.45) is 1.88. The van der Waals surface area contributed by atoms with Gasteiger partial charge in [0.05, 0.1) is 11.0 Å². The number of thiophene rings is 1. The maximum Gasteiger partial charge on any atom is 0.147 e. The smallest absolute Gasteiger partial charge is 0.147 e. The minimum atomic E-state index is 0.961. The fourth-order valence-corrected chi connectivity index (χ4v) is 5.93. The van der Waals surface area contributed by atoms with Gasteiger partial charge in [0.15, 0.2) is 0 Å². The Bertz CT molecular complexity index is 1880. The molecule has 176 valence electrons. The van der Waals surface area contributed by atoms with Crippen LogP contribution in [0.2, 0.25) is 0 Å². The van der Waals surface area contributed by atoms with Crippen LogP contribution in [0.15, 0.2) is 121 Å². The normalized spacial score (nSPS) is 11.4. The molecule has 0 spiro atoms. The van der Waals surface area contributed by atoms with Gasteiger partial charge in [-0.25, -0.2) is 4.98 Å². The zero-order valence-corrected chi connectivity index (χ0v) is 21.1. The van der Waals surface area contributed by atoms with Crippen molar-refractivity contribution in [3.05, 3.63) is 126 Å². The first-order chi connectivity index (χ1) is 18.2. The number of rotatable bonds is 4. The van der Waals surface area contributed by atoms with Gasteiger partial charge in [-0.2, -0.15) is 0 Å². The number of hydrogen-bond donors (Lipinski definition) is 0. The lowest BCUT2D eigenvalue weighted by Crippen LogP contribution is -1.97. The molecule has 0 amide bonds. The topological polar surface area (TPSA) is 30.7 Å². The van der Waals surface area contributed by atoms with Crippen LogP contribution in [0.25, 0.3) is 60.4 Å². The van der Waals surface area contributed by atoms with Crippen LogP contribution in [0, 0.1) is 6.92 Å². The molecule has 0 atom stereocenters. The van der Waals surface area contributed by atoms with E-state index in [2.05, 4.69) is 118 Å². The number of hydrogen-bond acceptors (Lipinski definition) is 3. The van der Waals surface area contributed by atoms with Crippen LogP contribution in [0.5, 0.6) is 0 Å². The van der Waals surface area contributed by atoms with E-state index in [9.17, 15) is 0 Å². The third kappa shape index (κ3) is 3.83. The van der Waals surface area contributed by atoms with E-state index in [0.717, 1.165) is 33.8 Å². The summed E-state index contributed by atoms with van der Waals surface area (Å²) in [5.41, 5.74) is 10.1. The number of benzene rings is 4. The predicted octanol–water partition coefficient (Wildman–Crippen LogP) is 8.94. The summed E-state index contributed by atoms with van der Waals surface area (Å²) in [4.78, 5) is 9.50. The molecule has 0 bridgehead atoms. The molecule has 4 aromatic carbocycles. The highest BCUT2D eigenvalue weighted by atomic mass is 32.1. The maximum absolute atomic E-state index is 5.14. The second kappa shape index (κ2) is 8.84. The molecule has 0 fully saturated rings. The van der Waals surface area contributed by atoms with E-state index < -0.39 is 0 Å². The van der Waals surface area contributed by atoms with Gasteiger partial charge in [-0.15, -0.1) is 11.3 Å². The fraction of sp³-hybridized carbons (Fsp3) is 0.0303. The van der Waals surface area contributed by atoms with Crippen LogP contribution >= 0.6 is 11.3 Å². The summed E-state index contributed by atoms with van der Waals surface area (Å²) in [6.45, 7) is 2.03. The van der Waals surface area contributed by atoms with Crippen molar-refractivity contribution in [1.82, 2.24) is 14.5 Å². The number of para-hydroxylation sites is 2. The molecule has 0 N–H and O–H groups in total. The number of imidazole rings is 1. The molecule has 3 nitrogen and oxygen atoms in total. The highest BCUT2D eigenvalue weighted by Gasteiger charge is 2.18. The number of aromatic nitrogens is 3. The summed E-state index contributed by atoms with van der Waals surface area (Å²) in [6, 6.07) is 38.6. The molecule has 0 saturated heterocycles. The van der Waals surface area contributed by atoms with Gasteiger partial charge in [0.25, 0.3) is 0 Å². The molecule has 7 aromatic rings. The SMILES string of the molecule is Cc1cc(-c2ccc3scc(-c4nc5ccccc5n4-c4ccc(-c5ccccc5)cc4)c3c2)ccn1. The van der Waals surface area contributed by atoms with E-state index in [-0.39, 0.29) is 0 Å². The van der Waals surface area contributed by atoms with Crippen molar-refractivity contribution < 1.29 is 0 Å². The average Bonchev–Trinajstić information content (AvgIpc) is 3.54. The Labute approximate surface area is 219 Å². The molecular weight excluding hydrogens is 470 g/mol. The number of nitrogens with zero attached hydrogens (tertiary/aromatic N) is 3. The quantitative estimate of drug-likeness (QED) is 0.245. The van der Waals surface area contributed by atoms with E-state index in [4.69, 9.17) is 4.98 Å². The van der Waals surface area contributed by atoms with E-state index in [1.54, 1.807) is 11.3 Å². The first-order valence-corrected chi connectivity index (χ1v) is 13.2. The van der Waals surface area contributed by atoms with Crippen molar-refractivity contribution in [3.8, 4) is 39.3 Å². The van der Waals surface area contributed by atoms with Crippen molar-refractivity contribution in [2.24, 2.45) is 0 Å². The van der Waals surface area contributed by atoms with Crippen molar-refractivity contribution in [2.75, 3.05) is 0 Å². The van der Waals surface area contributed by atoms with Crippen LogP contribution in [-0.4, -0.2) is 14.5 Å². The third-order valence-corrected chi connectivity index (χ3v) is 7.80. The highest BCUT2D eigenvalue weighted by Crippen LogP contribution is 2.39. The largest absolute Gasteiger partial charge is 0.292 e. The lowest BCUT2D eigenvalue weighted by Gasteiger charge is -2.11. The molecule has 0 aliphatic heterocycles. The van der Waals surface area contributed by atoms with Crippen LogP contribution < -0.4 is 0 Å². The van der Waals surface area contributed by atoms with Gasteiger partial charge in [-0.3, -0.25) is 9.55 Å². The Morgan fingerprint density at radius 3 is 2.24 bits per heavy atom. The maximum atomic E-state index is 5.14. The van der Waals surface area contributed by atoms with Crippen molar-refractivity contribution in [3.63, 3.8) is 0 Å². The lowest BCUT2D eigenvalue weighted by atomic mass is 10.0. The average molecular weight is 494 g/mol. The van der Waals surface area contributed by atoms with Gasteiger partial charge in [0, 0.05) is 38.6 Å². The van der Waals surface area contributed by atoms with Gasteiger partial charge < -0.3 is 0 Å². The van der Waals surface area contributed by atoms with E-state index in [1.165, 1.54) is 32.3 Å². The zero-order valence-electron chi connectivity index (χ0n) is 20.3. The number of aryl methyl sites for hydroxylation is 1. The van der Waals surface area contributed by atoms with Gasteiger partial charge in [0.2, 0.25) is 0 Å². The minimum absolute atomic E-state index is 0.961. The second-order valence-electron chi connectivity index (χ2n) is 9.22. The van der Waals surface area contributed by atoms with Gasteiger partial charge in [-0.05, 0) is 77.7 Å². The fourth-order valence-electron chi connectivity index (χ4n) is 5.01. The summed E-state index contributed by atoms with van der Waals surface area (Å²) in [5, 5.41) is 3.46. The molecule has 3 heterocycles. The lowest BCUT2D eigenvalue weighted by molar-refractivity contribution is 1.11. The van der Waals surface area contributed by atoms with Crippen LogP contribution in [-0.2, 0) is 0 Å². The van der Waals surface area contributed by atoms with Crippen LogP contribution in [0.1, 0.15) is 5.69 Å². The predicted molar refractivity (Wildman–Crippen MR) is 155 cm³/mol.